The second-order valence-electron chi connectivity index (χ2n) is 8.75. The van der Waals surface area contributed by atoms with E-state index in [-0.39, 0.29) is 17.9 Å². The third-order valence-corrected chi connectivity index (χ3v) is 5.06. The Bertz CT molecular complexity index is 1300. The van der Waals surface area contributed by atoms with Crippen LogP contribution in [0.2, 0.25) is 0 Å². The molecule has 3 heterocycles. The minimum Gasteiger partial charge on any atom is -0.461 e. The van der Waals surface area contributed by atoms with Crippen LogP contribution in [0.4, 0.5) is 22.0 Å². The number of carbonyl (C=O) groups is 3. The Labute approximate surface area is 195 Å². The number of aromatic amines is 1. The van der Waals surface area contributed by atoms with E-state index < -0.39 is 12.0 Å². The SMILES string of the molecule is CCOC(=O)c1cc(/C=C2\C(=O)Nc3cc(NC(=O)Nc4cc(C(C)(C)C)on4)ccc32)c[nH]1. The lowest BCUT2D eigenvalue weighted by Crippen LogP contribution is -2.19. The van der Waals surface area contributed by atoms with Crippen molar-refractivity contribution in [2.75, 3.05) is 22.6 Å². The van der Waals surface area contributed by atoms with Gasteiger partial charge in [0.05, 0.1) is 12.3 Å². The van der Waals surface area contributed by atoms with Crippen LogP contribution in [0.5, 0.6) is 0 Å². The zero-order valence-electron chi connectivity index (χ0n) is 19.2. The first-order valence-corrected chi connectivity index (χ1v) is 10.7. The summed E-state index contributed by atoms with van der Waals surface area (Å²) in [6.07, 6.45) is 3.30. The molecule has 176 valence electrons. The predicted molar refractivity (Wildman–Crippen MR) is 128 cm³/mol. The monoisotopic (exact) mass is 463 g/mol. The second kappa shape index (κ2) is 8.89. The Balaban J connectivity index is 1.46. The van der Waals surface area contributed by atoms with Crippen molar-refractivity contribution >= 4 is 46.7 Å². The molecule has 1 aromatic carbocycles. The molecule has 0 saturated carbocycles. The third-order valence-electron chi connectivity index (χ3n) is 5.06. The van der Waals surface area contributed by atoms with Gasteiger partial charge in [-0.05, 0) is 36.8 Å². The number of esters is 1. The van der Waals surface area contributed by atoms with Crippen molar-refractivity contribution in [3.05, 3.63) is 59.1 Å². The quantitative estimate of drug-likeness (QED) is 0.322. The van der Waals surface area contributed by atoms with Gasteiger partial charge >= 0.3 is 12.0 Å². The van der Waals surface area contributed by atoms with E-state index in [0.29, 0.717) is 45.3 Å². The van der Waals surface area contributed by atoms with Gasteiger partial charge in [0.1, 0.15) is 11.5 Å². The van der Waals surface area contributed by atoms with Gasteiger partial charge in [-0.3, -0.25) is 10.1 Å². The van der Waals surface area contributed by atoms with Gasteiger partial charge in [-0.1, -0.05) is 32.0 Å². The summed E-state index contributed by atoms with van der Waals surface area (Å²) in [6, 6.07) is 7.89. The van der Waals surface area contributed by atoms with E-state index in [0.717, 1.165) is 0 Å². The van der Waals surface area contributed by atoms with Crippen molar-refractivity contribution in [2.24, 2.45) is 0 Å². The first kappa shape index (κ1) is 22.8. The number of amides is 3. The number of benzene rings is 1. The topological polar surface area (TPSA) is 138 Å². The maximum atomic E-state index is 12.5. The Kier molecular flexibility index (Phi) is 5.97. The number of anilines is 3. The van der Waals surface area contributed by atoms with Crippen LogP contribution in [0.3, 0.4) is 0 Å². The summed E-state index contributed by atoms with van der Waals surface area (Å²) in [5.74, 6) is 0.209. The average molecular weight is 463 g/mol. The predicted octanol–water partition coefficient (Wildman–Crippen LogP) is 4.61. The molecule has 4 rings (SSSR count). The fraction of sp³-hybridized carbons (Fsp3) is 0.250. The van der Waals surface area contributed by atoms with E-state index in [2.05, 4.69) is 26.1 Å². The largest absolute Gasteiger partial charge is 0.461 e. The number of rotatable bonds is 5. The molecular formula is C24H25N5O5. The number of ether oxygens (including phenoxy) is 1. The number of aromatic nitrogens is 2. The molecule has 1 aliphatic rings. The molecule has 0 atom stereocenters. The Morgan fingerprint density at radius 2 is 1.97 bits per heavy atom. The smallest absolute Gasteiger partial charge is 0.354 e. The number of urea groups is 1. The summed E-state index contributed by atoms with van der Waals surface area (Å²) < 4.78 is 10.2. The van der Waals surface area contributed by atoms with Gasteiger partial charge in [-0.15, -0.1) is 0 Å². The maximum Gasteiger partial charge on any atom is 0.354 e. The minimum absolute atomic E-state index is 0.229. The van der Waals surface area contributed by atoms with Gasteiger partial charge in [0.15, 0.2) is 5.82 Å². The summed E-state index contributed by atoms with van der Waals surface area (Å²) >= 11 is 0. The minimum atomic E-state index is -0.493. The molecular weight excluding hydrogens is 438 g/mol. The van der Waals surface area contributed by atoms with Gasteiger partial charge in [0, 0.05) is 34.5 Å². The lowest BCUT2D eigenvalue weighted by Gasteiger charge is -2.12. The fourth-order valence-corrected chi connectivity index (χ4v) is 3.37. The van der Waals surface area contributed by atoms with Crippen molar-refractivity contribution in [3.8, 4) is 0 Å². The highest BCUT2D eigenvalue weighted by Gasteiger charge is 2.25. The lowest BCUT2D eigenvalue weighted by molar-refractivity contribution is -0.110. The van der Waals surface area contributed by atoms with Crippen LogP contribution in [0, 0.1) is 0 Å². The first-order valence-electron chi connectivity index (χ1n) is 10.7. The first-order chi connectivity index (χ1) is 16.1. The van der Waals surface area contributed by atoms with Crippen molar-refractivity contribution in [3.63, 3.8) is 0 Å². The van der Waals surface area contributed by atoms with Gasteiger partial charge in [0.2, 0.25) is 0 Å². The lowest BCUT2D eigenvalue weighted by atomic mass is 9.93. The van der Waals surface area contributed by atoms with Crippen molar-refractivity contribution in [1.29, 1.82) is 0 Å². The molecule has 0 saturated heterocycles. The molecule has 0 aliphatic carbocycles. The van der Waals surface area contributed by atoms with Crippen molar-refractivity contribution < 1.29 is 23.6 Å². The molecule has 10 nitrogen and oxygen atoms in total. The van der Waals surface area contributed by atoms with Crippen LogP contribution in [-0.2, 0) is 14.9 Å². The van der Waals surface area contributed by atoms with Crippen LogP contribution >= 0.6 is 0 Å². The van der Waals surface area contributed by atoms with Gasteiger partial charge in [-0.25, -0.2) is 9.59 Å². The summed E-state index contributed by atoms with van der Waals surface area (Å²) in [7, 11) is 0. The van der Waals surface area contributed by atoms with Crippen LogP contribution in [0.15, 0.2) is 41.1 Å². The number of nitrogens with one attached hydrogen (secondary N) is 4. The number of hydrogen-bond donors (Lipinski definition) is 4. The molecule has 1 aliphatic heterocycles. The molecule has 3 aromatic rings. The summed E-state index contributed by atoms with van der Waals surface area (Å²) in [6.45, 7) is 7.94. The molecule has 0 fully saturated rings. The second-order valence-corrected chi connectivity index (χ2v) is 8.75. The molecule has 10 heteroatoms. The maximum absolute atomic E-state index is 12.5. The molecule has 2 aromatic heterocycles. The zero-order chi connectivity index (χ0) is 24.5. The highest BCUT2D eigenvalue weighted by atomic mass is 16.5. The van der Waals surface area contributed by atoms with E-state index in [4.69, 9.17) is 9.26 Å². The Hall–Kier alpha value is -4.34. The molecule has 0 unspecified atom stereocenters. The van der Waals surface area contributed by atoms with Crippen molar-refractivity contribution in [1.82, 2.24) is 10.1 Å². The Morgan fingerprint density at radius 1 is 1.18 bits per heavy atom. The fourth-order valence-electron chi connectivity index (χ4n) is 3.37. The van der Waals surface area contributed by atoms with Crippen LogP contribution in [0.1, 0.15) is 55.1 Å². The van der Waals surface area contributed by atoms with Crippen molar-refractivity contribution in [2.45, 2.75) is 33.1 Å². The van der Waals surface area contributed by atoms with E-state index >= 15 is 0 Å². The van der Waals surface area contributed by atoms with Gasteiger partial charge in [-0.2, -0.15) is 0 Å². The number of carbonyl (C=O) groups excluding carboxylic acids is 3. The normalized spacial score (nSPS) is 14.0. The highest BCUT2D eigenvalue weighted by molar-refractivity contribution is 6.35. The molecule has 3 amide bonds. The van der Waals surface area contributed by atoms with E-state index in [1.54, 1.807) is 49.5 Å². The van der Waals surface area contributed by atoms with E-state index in [1.807, 2.05) is 20.8 Å². The highest BCUT2D eigenvalue weighted by Crippen LogP contribution is 2.35. The summed E-state index contributed by atoms with van der Waals surface area (Å²) in [5, 5.41) is 12.0. The number of fused-ring (bicyclic) bond motifs is 1. The Morgan fingerprint density at radius 3 is 2.68 bits per heavy atom. The standard InChI is InChI=1S/C24H25N5O5/c1-5-33-22(31)18-9-13(12-25-18)8-16-15-7-6-14(10-17(15)27-21(16)30)26-23(32)28-20-11-19(34-29-20)24(2,3)4/h6-12,25H,5H2,1-4H3,(H,27,30)(H2,26,28,29,32)/b16-8-. The van der Waals surface area contributed by atoms with Gasteiger partial charge in [0.25, 0.3) is 5.91 Å². The zero-order valence-corrected chi connectivity index (χ0v) is 19.2. The third kappa shape index (κ3) is 4.85. The molecule has 34 heavy (non-hydrogen) atoms. The number of nitrogens with zero attached hydrogens (tertiary/aromatic N) is 1. The van der Waals surface area contributed by atoms with E-state index in [1.165, 1.54) is 0 Å². The molecule has 0 spiro atoms. The average Bonchev–Trinajstić information content (AvgIpc) is 3.48. The van der Waals surface area contributed by atoms with Crippen LogP contribution < -0.4 is 16.0 Å². The summed E-state index contributed by atoms with van der Waals surface area (Å²) in [4.78, 5) is 39.6. The van der Waals surface area contributed by atoms with Gasteiger partial charge < -0.3 is 24.9 Å². The van der Waals surface area contributed by atoms with Crippen LogP contribution in [0.25, 0.3) is 11.6 Å². The van der Waals surface area contributed by atoms with Crippen LogP contribution in [-0.4, -0.2) is 34.7 Å². The molecule has 0 radical (unpaired) electrons. The number of hydrogen-bond acceptors (Lipinski definition) is 6. The number of H-pyrrole nitrogens is 1. The summed E-state index contributed by atoms with van der Waals surface area (Å²) in [5.41, 5.74) is 2.91. The van der Waals surface area contributed by atoms with E-state index in [9.17, 15) is 14.4 Å². The molecule has 0 bridgehead atoms. The molecule has 4 N–H and O–H groups in total.